The Labute approximate surface area is 164 Å². The fourth-order valence-electron chi connectivity index (χ4n) is 3.44. The predicted molar refractivity (Wildman–Crippen MR) is 110 cm³/mol. The highest BCUT2D eigenvalue weighted by molar-refractivity contribution is 7.94. The molecular formula is C20H21ClN2O3S. The van der Waals surface area contributed by atoms with Crippen LogP contribution in [0.25, 0.3) is 10.8 Å². The third kappa shape index (κ3) is 3.53. The van der Waals surface area contributed by atoms with E-state index in [1.165, 1.54) is 5.56 Å². The smallest absolute Gasteiger partial charge is 0.278 e. The van der Waals surface area contributed by atoms with Crippen LogP contribution in [-0.4, -0.2) is 32.4 Å². The molecule has 5 nitrogen and oxygen atoms in total. The van der Waals surface area contributed by atoms with Crippen molar-refractivity contribution < 1.29 is 13.9 Å². The first kappa shape index (κ1) is 19.6. The highest BCUT2D eigenvalue weighted by atomic mass is 35.5. The Morgan fingerprint density at radius 3 is 2.56 bits per heavy atom. The van der Waals surface area contributed by atoms with Crippen LogP contribution in [0.3, 0.4) is 0 Å². The van der Waals surface area contributed by atoms with E-state index in [1.54, 1.807) is 24.3 Å². The third-order valence-electron chi connectivity index (χ3n) is 4.83. The Morgan fingerprint density at radius 1 is 1.00 bits per heavy atom. The van der Waals surface area contributed by atoms with Gasteiger partial charge in [-0.3, -0.25) is 0 Å². The second-order valence-corrected chi connectivity index (χ2v) is 8.93. The maximum absolute atomic E-state index is 13.2. The molecule has 0 amide bonds. The van der Waals surface area contributed by atoms with Gasteiger partial charge < -0.3 is 10.4 Å². The third-order valence-corrected chi connectivity index (χ3v) is 7.12. The molecule has 0 fully saturated rings. The quantitative estimate of drug-likeness (QED) is 0.628. The highest BCUT2D eigenvalue weighted by Gasteiger charge is 2.26. The fraction of sp³-hybridized carbons (Fsp3) is 0.200. The van der Waals surface area contributed by atoms with Gasteiger partial charge in [0, 0.05) is 30.3 Å². The van der Waals surface area contributed by atoms with Crippen molar-refractivity contribution in [3.05, 3.63) is 71.8 Å². The van der Waals surface area contributed by atoms with Crippen LogP contribution in [0.2, 0.25) is 0 Å². The van der Waals surface area contributed by atoms with Crippen LogP contribution in [0.5, 0.6) is 0 Å². The van der Waals surface area contributed by atoms with E-state index in [0.717, 1.165) is 34.3 Å². The van der Waals surface area contributed by atoms with Gasteiger partial charge in [0.1, 0.15) is 0 Å². The zero-order valence-electron chi connectivity index (χ0n) is 14.9. The molecule has 0 saturated heterocycles. The fourth-order valence-corrected chi connectivity index (χ4v) is 5.04. The van der Waals surface area contributed by atoms with Crippen molar-refractivity contribution in [3.8, 4) is 0 Å². The van der Waals surface area contributed by atoms with E-state index in [4.69, 9.17) is 11.8 Å². The molecule has 3 aromatic carbocycles. The topological polar surface area (TPSA) is 72.1 Å². The van der Waals surface area contributed by atoms with Crippen LogP contribution in [0.15, 0.2) is 65.6 Å². The summed E-state index contributed by atoms with van der Waals surface area (Å²) in [6.45, 7) is 1.82. The largest absolute Gasteiger partial charge is 0.412 e. The molecule has 0 aromatic heterocycles. The molecule has 1 aliphatic heterocycles. The maximum atomic E-state index is 13.2. The van der Waals surface area contributed by atoms with Gasteiger partial charge >= 0.3 is 0 Å². The second-order valence-electron chi connectivity index (χ2n) is 6.64. The summed E-state index contributed by atoms with van der Waals surface area (Å²) in [5, 5.41) is 1.53. The summed E-state index contributed by atoms with van der Waals surface area (Å²) < 4.78 is 27.2. The van der Waals surface area contributed by atoms with Gasteiger partial charge in [0.2, 0.25) is 0 Å². The van der Waals surface area contributed by atoms with E-state index in [-0.39, 0.29) is 10.4 Å². The van der Waals surface area contributed by atoms with Gasteiger partial charge in [-0.15, -0.1) is 0 Å². The van der Waals surface area contributed by atoms with E-state index >= 15 is 0 Å². The molecule has 4 rings (SSSR count). The van der Waals surface area contributed by atoms with Gasteiger partial charge in [0.25, 0.3) is 10.0 Å². The molecule has 1 aliphatic rings. The molecule has 3 aromatic rings. The number of rotatable bonds is 3. The Kier molecular flexibility index (Phi) is 5.44. The molecule has 0 unspecified atom stereocenters. The normalized spacial score (nSPS) is 14.4. The van der Waals surface area contributed by atoms with Crippen LogP contribution in [0, 0.1) is 0 Å². The Hall–Kier alpha value is -2.12. The lowest BCUT2D eigenvalue weighted by Gasteiger charge is -2.26. The first-order valence-corrected chi connectivity index (χ1v) is 10.2. The van der Waals surface area contributed by atoms with Crippen LogP contribution in [-0.2, 0) is 23.0 Å². The number of benzene rings is 3. The average Bonchev–Trinajstić information content (AvgIpc) is 2.66. The number of fused-ring (bicyclic) bond motifs is 2. The minimum Gasteiger partial charge on any atom is -0.412 e. The van der Waals surface area contributed by atoms with Gasteiger partial charge in [-0.25, -0.2) is 0 Å². The summed E-state index contributed by atoms with van der Waals surface area (Å²) >= 11 is 6.34. The number of hydrogen-bond donors (Lipinski definition) is 0. The Balaban J connectivity index is 0.00000210. The summed E-state index contributed by atoms with van der Waals surface area (Å²) in [6, 6.07) is 18.3. The van der Waals surface area contributed by atoms with Gasteiger partial charge in [-0.1, -0.05) is 42.5 Å². The molecule has 142 valence electrons. The molecule has 2 N–H and O–H groups in total. The monoisotopic (exact) mass is 404 g/mol. The first-order chi connectivity index (χ1) is 12.5. The maximum Gasteiger partial charge on any atom is 0.278 e. The van der Waals surface area contributed by atoms with Gasteiger partial charge in [-0.05, 0) is 48.2 Å². The number of nitrogens with zero attached hydrogens (tertiary/aromatic N) is 2. The molecule has 0 bridgehead atoms. The number of likely N-dealkylation sites (N-methyl/N-ethyl adjacent to an activating group) is 1. The summed E-state index contributed by atoms with van der Waals surface area (Å²) in [5.74, 6) is 0. The van der Waals surface area contributed by atoms with Crippen molar-refractivity contribution in [3.63, 3.8) is 0 Å². The summed E-state index contributed by atoms with van der Waals surface area (Å²) in [5.41, 5.74) is 2.84. The predicted octanol–water partition coefficient (Wildman–Crippen LogP) is 3.35. The van der Waals surface area contributed by atoms with Crippen LogP contribution in [0.4, 0.5) is 5.69 Å². The lowest BCUT2D eigenvalue weighted by Crippen LogP contribution is -2.27. The van der Waals surface area contributed by atoms with Crippen molar-refractivity contribution in [2.45, 2.75) is 17.9 Å². The van der Waals surface area contributed by atoms with E-state index in [0.29, 0.717) is 11.1 Å². The standard InChI is InChI=1S/C20H19ClN2O2S.H2O/c1-22-12-11-16-13-18(10-9-17(16)14-22)23(21)26(24,25)20-8-4-6-15-5-2-3-7-19(15)20;/h2-10,13H,11-12,14H2,1H3;1H2. The Morgan fingerprint density at radius 2 is 1.74 bits per heavy atom. The van der Waals surface area contributed by atoms with Crippen molar-refractivity contribution in [1.82, 2.24) is 4.90 Å². The van der Waals surface area contributed by atoms with Crippen molar-refractivity contribution in [2.75, 3.05) is 17.4 Å². The second kappa shape index (κ2) is 7.48. The number of halogens is 1. The van der Waals surface area contributed by atoms with Crippen LogP contribution < -0.4 is 3.82 Å². The first-order valence-electron chi connectivity index (χ1n) is 8.46. The molecule has 0 atom stereocenters. The molecule has 1 heterocycles. The van der Waals surface area contributed by atoms with E-state index in [1.807, 2.05) is 36.4 Å². The van der Waals surface area contributed by atoms with Gasteiger partial charge in [0.15, 0.2) is 0 Å². The van der Waals surface area contributed by atoms with E-state index in [2.05, 4.69) is 11.9 Å². The molecular weight excluding hydrogens is 384 g/mol. The summed E-state index contributed by atoms with van der Waals surface area (Å²) in [6.07, 6.45) is 0.888. The van der Waals surface area contributed by atoms with E-state index in [9.17, 15) is 8.42 Å². The van der Waals surface area contributed by atoms with Crippen LogP contribution in [0.1, 0.15) is 11.1 Å². The Bertz CT molecular complexity index is 1080. The summed E-state index contributed by atoms with van der Waals surface area (Å²) in [7, 11) is -1.79. The van der Waals surface area contributed by atoms with Gasteiger partial charge in [-0.2, -0.15) is 12.2 Å². The van der Waals surface area contributed by atoms with Crippen molar-refractivity contribution in [1.29, 1.82) is 0 Å². The molecule has 0 aliphatic carbocycles. The highest BCUT2D eigenvalue weighted by Crippen LogP contribution is 2.32. The minimum absolute atomic E-state index is 0. The zero-order chi connectivity index (χ0) is 18.3. The number of sulfonamides is 1. The lowest BCUT2D eigenvalue weighted by molar-refractivity contribution is 0.313. The summed E-state index contributed by atoms with van der Waals surface area (Å²) in [4.78, 5) is 2.45. The van der Waals surface area contributed by atoms with Crippen molar-refractivity contribution >= 4 is 38.3 Å². The SMILES string of the molecule is CN1CCc2cc(N(Cl)S(=O)(=O)c3cccc4ccccc34)ccc2C1.O. The lowest BCUT2D eigenvalue weighted by atomic mass is 10.00. The molecule has 27 heavy (non-hydrogen) atoms. The molecule has 0 spiro atoms. The number of hydrogen-bond acceptors (Lipinski definition) is 3. The van der Waals surface area contributed by atoms with Crippen LogP contribution >= 0.6 is 11.8 Å². The van der Waals surface area contributed by atoms with Crippen molar-refractivity contribution in [2.24, 2.45) is 0 Å². The average molecular weight is 405 g/mol. The molecule has 0 radical (unpaired) electrons. The minimum atomic E-state index is -3.87. The zero-order valence-corrected chi connectivity index (χ0v) is 16.5. The molecule has 0 saturated carbocycles. The number of anilines is 1. The van der Waals surface area contributed by atoms with Gasteiger partial charge in [0.05, 0.1) is 10.6 Å². The van der Waals surface area contributed by atoms with E-state index < -0.39 is 10.0 Å². The molecule has 7 heteroatoms.